The Labute approximate surface area is 90.4 Å². The summed E-state index contributed by atoms with van der Waals surface area (Å²) < 4.78 is 0. The Balaban J connectivity index is 1.99. The van der Waals surface area contributed by atoms with Gasteiger partial charge in [-0.1, -0.05) is 44.2 Å². The lowest BCUT2D eigenvalue weighted by atomic mass is 9.98. The van der Waals surface area contributed by atoms with E-state index in [1.807, 2.05) is 0 Å². The van der Waals surface area contributed by atoms with Gasteiger partial charge in [-0.2, -0.15) is 0 Å². The molecule has 0 radical (unpaired) electrons. The molecule has 2 aliphatic carbocycles. The first kappa shape index (κ1) is 9.17. The van der Waals surface area contributed by atoms with Gasteiger partial charge in [-0.15, -0.1) is 0 Å². The van der Waals surface area contributed by atoms with Crippen molar-refractivity contribution in [1.29, 1.82) is 0 Å². The van der Waals surface area contributed by atoms with E-state index < -0.39 is 0 Å². The number of hydrogen-bond donors (Lipinski definition) is 1. The van der Waals surface area contributed by atoms with Crippen molar-refractivity contribution in [2.45, 2.75) is 26.4 Å². The van der Waals surface area contributed by atoms with Crippen molar-refractivity contribution < 1.29 is 5.11 Å². The van der Waals surface area contributed by atoms with E-state index in [1.54, 1.807) is 0 Å². The minimum Gasteiger partial charge on any atom is -0.392 e. The third kappa shape index (κ3) is 1.13. The molecule has 0 heterocycles. The van der Waals surface area contributed by atoms with Crippen molar-refractivity contribution in [2.75, 3.05) is 0 Å². The van der Waals surface area contributed by atoms with E-state index in [0.717, 1.165) is 6.42 Å². The Kier molecular flexibility index (Phi) is 1.67. The third-order valence-electron chi connectivity index (χ3n) is 3.98. The SMILES string of the molecule is CC1(C)[C@@H](O)[C@@H]1C1=CCc2ccccc21. The first-order chi connectivity index (χ1) is 7.12. The average Bonchev–Trinajstić information content (AvgIpc) is 2.63. The minimum absolute atomic E-state index is 0.0727. The van der Waals surface area contributed by atoms with E-state index >= 15 is 0 Å². The second-order valence-corrected chi connectivity index (χ2v) is 5.26. The van der Waals surface area contributed by atoms with Crippen molar-refractivity contribution in [3.8, 4) is 0 Å². The van der Waals surface area contributed by atoms with Gasteiger partial charge >= 0.3 is 0 Å². The van der Waals surface area contributed by atoms with Gasteiger partial charge in [0.2, 0.25) is 0 Å². The lowest BCUT2D eigenvalue weighted by Crippen LogP contribution is -1.93. The lowest BCUT2D eigenvalue weighted by molar-refractivity contribution is 0.233. The molecule has 2 aliphatic rings. The van der Waals surface area contributed by atoms with Crippen molar-refractivity contribution in [2.24, 2.45) is 11.3 Å². The predicted octanol–water partition coefficient (Wildman–Crippen LogP) is 2.64. The quantitative estimate of drug-likeness (QED) is 0.739. The zero-order valence-corrected chi connectivity index (χ0v) is 9.20. The fraction of sp³-hybridized carbons (Fsp3) is 0.429. The normalized spacial score (nSPS) is 31.0. The lowest BCUT2D eigenvalue weighted by Gasteiger charge is -2.06. The molecule has 1 aromatic carbocycles. The number of allylic oxidation sites excluding steroid dienone is 1. The summed E-state index contributed by atoms with van der Waals surface area (Å²) in [4.78, 5) is 0. The van der Waals surface area contributed by atoms with E-state index in [9.17, 15) is 5.11 Å². The van der Waals surface area contributed by atoms with Crippen LogP contribution in [0.25, 0.3) is 5.57 Å². The van der Waals surface area contributed by atoms with Gasteiger partial charge in [-0.3, -0.25) is 0 Å². The Morgan fingerprint density at radius 1 is 1.27 bits per heavy atom. The number of hydrogen-bond acceptors (Lipinski definition) is 1. The van der Waals surface area contributed by atoms with Crippen LogP contribution in [0.1, 0.15) is 25.0 Å². The van der Waals surface area contributed by atoms with Crippen LogP contribution in [-0.2, 0) is 6.42 Å². The summed E-state index contributed by atoms with van der Waals surface area (Å²) in [5.74, 6) is 0.348. The highest BCUT2D eigenvalue weighted by atomic mass is 16.3. The van der Waals surface area contributed by atoms with Gasteiger partial charge in [0.15, 0.2) is 0 Å². The summed E-state index contributed by atoms with van der Waals surface area (Å²) in [6.45, 7) is 4.29. The highest BCUT2D eigenvalue weighted by Gasteiger charge is 2.59. The second kappa shape index (κ2) is 2.73. The molecule has 2 atom stereocenters. The zero-order valence-electron chi connectivity index (χ0n) is 9.20. The number of rotatable bonds is 1. The second-order valence-electron chi connectivity index (χ2n) is 5.26. The fourth-order valence-electron chi connectivity index (χ4n) is 2.79. The average molecular weight is 200 g/mol. The fourth-order valence-corrected chi connectivity index (χ4v) is 2.79. The van der Waals surface area contributed by atoms with Crippen molar-refractivity contribution in [3.05, 3.63) is 41.5 Å². The maximum Gasteiger partial charge on any atom is 0.0672 e. The summed E-state index contributed by atoms with van der Waals surface area (Å²) in [7, 11) is 0. The molecule has 0 saturated heterocycles. The van der Waals surface area contributed by atoms with Gasteiger partial charge in [0.25, 0.3) is 0 Å². The van der Waals surface area contributed by atoms with Crippen molar-refractivity contribution in [3.63, 3.8) is 0 Å². The smallest absolute Gasteiger partial charge is 0.0672 e. The highest BCUT2D eigenvalue weighted by Crippen LogP contribution is 2.59. The number of aliphatic hydroxyl groups is 1. The van der Waals surface area contributed by atoms with Gasteiger partial charge < -0.3 is 5.11 Å². The van der Waals surface area contributed by atoms with E-state index in [0.29, 0.717) is 5.92 Å². The molecular formula is C14H16O. The Bertz CT molecular complexity index is 442. The van der Waals surface area contributed by atoms with Crippen molar-refractivity contribution >= 4 is 5.57 Å². The number of benzene rings is 1. The molecule has 15 heavy (non-hydrogen) atoms. The largest absolute Gasteiger partial charge is 0.392 e. The van der Waals surface area contributed by atoms with Crippen molar-refractivity contribution in [1.82, 2.24) is 0 Å². The standard InChI is InChI=1S/C14H16O/c1-14(2)12(13(14)15)11-8-7-9-5-3-4-6-10(9)11/h3-6,8,12-13,15H,7H2,1-2H3/t12-,13-/m0/s1. The van der Waals surface area contributed by atoms with Crippen LogP contribution in [0.15, 0.2) is 30.3 Å². The van der Waals surface area contributed by atoms with Crippen LogP contribution in [0, 0.1) is 11.3 Å². The van der Waals surface area contributed by atoms with Crippen LogP contribution in [0.4, 0.5) is 0 Å². The van der Waals surface area contributed by atoms with Crippen LogP contribution < -0.4 is 0 Å². The molecule has 1 nitrogen and oxygen atoms in total. The Morgan fingerprint density at radius 2 is 1.93 bits per heavy atom. The van der Waals surface area contributed by atoms with Gasteiger partial charge in [-0.05, 0) is 23.1 Å². The summed E-state index contributed by atoms with van der Waals surface area (Å²) in [6.07, 6.45) is 3.16. The highest BCUT2D eigenvalue weighted by molar-refractivity contribution is 5.77. The molecule has 0 aromatic heterocycles. The topological polar surface area (TPSA) is 20.2 Å². The molecule has 1 N–H and O–H groups in total. The molecular weight excluding hydrogens is 184 g/mol. The molecule has 1 aromatic rings. The van der Waals surface area contributed by atoms with Crippen LogP contribution in [0.5, 0.6) is 0 Å². The van der Waals surface area contributed by atoms with Gasteiger partial charge in [-0.25, -0.2) is 0 Å². The summed E-state index contributed by atoms with van der Waals surface area (Å²) in [5.41, 5.74) is 4.20. The number of fused-ring (bicyclic) bond motifs is 1. The summed E-state index contributed by atoms with van der Waals surface area (Å²) in [5, 5.41) is 9.90. The van der Waals surface area contributed by atoms with E-state index in [4.69, 9.17) is 0 Å². The van der Waals surface area contributed by atoms with Gasteiger partial charge in [0.05, 0.1) is 6.10 Å². The first-order valence-corrected chi connectivity index (χ1v) is 5.59. The predicted molar refractivity (Wildman–Crippen MR) is 61.4 cm³/mol. The molecule has 3 rings (SSSR count). The van der Waals surface area contributed by atoms with Gasteiger partial charge in [0, 0.05) is 11.3 Å². The molecule has 1 fully saturated rings. The molecule has 0 unspecified atom stereocenters. The molecule has 0 aliphatic heterocycles. The maximum atomic E-state index is 9.90. The monoisotopic (exact) mass is 200 g/mol. The third-order valence-corrected chi connectivity index (χ3v) is 3.98. The zero-order chi connectivity index (χ0) is 10.6. The molecule has 0 amide bonds. The maximum absolute atomic E-state index is 9.90. The Morgan fingerprint density at radius 3 is 2.60 bits per heavy atom. The van der Waals surface area contributed by atoms with Crippen LogP contribution >= 0.6 is 0 Å². The molecule has 0 bridgehead atoms. The summed E-state index contributed by atoms with van der Waals surface area (Å²) in [6, 6.07) is 8.53. The molecule has 78 valence electrons. The molecule has 1 heteroatoms. The Hall–Kier alpha value is -1.08. The first-order valence-electron chi connectivity index (χ1n) is 5.59. The van der Waals surface area contributed by atoms with Crippen LogP contribution in [0.2, 0.25) is 0 Å². The van der Waals surface area contributed by atoms with E-state index in [2.05, 4.69) is 44.2 Å². The summed E-state index contributed by atoms with van der Waals surface area (Å²) >= 11 is 0. The van der Waals surface area contributed by atoms with Crippen LogP contribution in [0.3, 0.4) is 0 Å². The van der Waals surface area contributed by atoms with E-state index in [1.165, 1.54) is 16.7 Å². The van der Waals surface area contributed by atoms with Gasteiger partial charge in [0.1, 0.15) is 0 Å². The molecule has 1 saturated carbocycles. The minimum atomic E-state index is -0.157. The number of aliphatic hydroxyl groups excluding tert-OH is 1. The van der Waals surface area contributed by atoms with E-state index in [-0.39, 0.29) is 11.5 Å². The molecule has 0 spiro atoms. The van der Waals surface area contributed by atoms with Crippen LogP contribution in [-0.4, -0.2) is 11.2 Å².